The molecule has 1 aromatic heterocycles. The van der Waals surface area contributed by atoms with E-state index in [1.807, 2.05) is 4.90 Å². The third-order valence-electron chi connectivity index (χ3n) is 8.09. The second-order valence-electron chi connectivity index (χ2n) is 11.4. The van der Waals surface area contributed by atoms with E-state index in [0.717, 1.165) is 63.1 Å². The van der Waals surface area contributed by atoms with Crippen LogP contribution in [0.5, 0.6) is 5.75 Å². The Morgan fingerprint density at radius 3 is 2.82 bits per heavy atom. The number of hydrogen-bond donors (Lipinski definition) is 3. The van der Waals surface area contributed by atoms with Crippen molar-refractivity contribution >= 4 is 11.8 Å². The summed E-state index contributed by atoms with van der Waals surface area (Å²) in [5.41, 5.74) is 1.69. The summed E-state index contributed by atoms with van der Waals surface area (Å²) < 4.78 is 20.2. The minimum absolute atomic E-state index is 0.0867. The number of pyridine rings is 1. The molecule has 3 N–H and O–H groups in total. The topological polar surface area (TPSA) is 98.2 Å². The van der Waals surface area contributed by atoms with Crippen molar-refractivity contribution in [2.24, 2.45) is 0 Å². The van der Waals surface area contributed by atoms with Crippen LogP contribution in [-0.2, 0) is 23.2 Å². The van der Waals surface area contributed by atoms with Crippen molar-refractivity contribution in [1.82, 2.24) is 14.8 Å². The molecular weight excluding hydrogens is 499 g/mol. The van der Waals surface area contributed by atoms with E-state index in [0.29, 0.717) is 18.7 Å². The highest BCUT2D eigenvalue weighted by Crippen LogP contribution is 2.37. The van der Waals surface area contributed by atoms with Crippen LogP contribution in [0.15, 0.2) is 24.3 Å². The Labute approximate surface area is 231 Å². The largest absolute Gasteiger partial charge is 0.493 e. The predicted octanol–water partition coefficient (Wildman–Crippen LogP) is 4.36. The van der Waals surface area contributed by atoms with Crippen molar-refractivity contribution in [3.8, 4) is 5.75 Å². The molecule has 8 nitrogen and oxygen atoms in total. The highest BCUT2D eigenvalue weighted by atomic mass is 19.1. The molecule has 0 saturated carbocycles. The lowest BCUT2D eigenvalue weighted by Gasteiger charge is -2.29. The fourth-order valence-electron chi connectivity index (χ4n) is 5.77. The second kappa shape index (κ2) is 12.6. The van der Waals surface area contributed by atoms with Crippen LogP contribution in [-0.4, -0.2) is 77.3 Å². The summed E-state index contributed by atoms with van der Waals surface area (Å²) in [6.45, 7) is 6.18. The molecule has 214 valence electrons. The number of benzene rings is 1. The SMILES string of the molecule is COc1c(F)cc(C(C)(C)O)cc1C(C(=O)O)N1CC[C@@H](N(C)CCCCCc2ccc3c(n2)NCCC3)C1. The summed E-state index contributed by atoms with van der Waals surface area (Å²) in [6.07, 6.45) is 7.32. The van der Waals surface area contributed by atoms with Crippen LogP contribution in [0.2, 0.25) is 0 Å². The van der Waals surface area contributed by atoms with E-state index in [4.69, 9.17) is 9.72 Å². The number of fused-ring (bicyclic) bond motifs is 1. The molecule has 9 heteroatoms. The maximum Gasteiger partial charge on any atom is 0.325 e. The summed E-state index contributed by atoms with van der Waals surface area (Å²) in [4.78, 5) is 21.4. The van der Waals surface area contributed by atoms with Gasteiger partial charge in [-0.25, -0.2) is 9.37 Å². The predicted molar refractivity (Wildman–Crippen MR) is 150 cm³/mol. The minimum Gasteiger partial charge on any atom is -0.493 e. The van der Waals surface area contributed by atoms with Gasteiger partial charge in [-0.05, 0) is 95.3 Å². The van der Waals surface area contributed by atoms with Crippen LogP contribution in [0.1, 0.15) is 74.4 Å². The van der Waals surface area contributed by atoms with Crippen molar-refractivity contribution < 1.29 is 24.1 Å². The van der Waals surface area contributed by atoms with Gasteiger partial charge in [0.2, 0.25) is 0 Å². The molecule has 2 aliphatic heterocycles. The molecule has 1 fully saturated rings. The van der Waals surface area contributed by atoms with E-state index in [1.54, 1.807) is 19.9 Å². The number of aliphatic carboxylic acids is 1. The molecule has 0 bridgehead atoms. The zero-order chi connectivity index (χ0) is 28.2. The minimum atomic E-state index is -1.31. The number of hydrogen-bond acceptors (Lipinski definition) is 7. The van der Waals surface area contributed by atoms with Crippen LogP contribution in [0.3, 0.4) is 0 Å². The van der Waals surface area contributed by atoms with Gasteiger partial charge in [0.05, 0.1) is 12.7 Å². The van der Waals surface area contributed by atoms with Crippen molar-refractivity contribution in [1.29, 1.82) is 0 Å². The van der Waals surface area contributed by atoms with E-state index < -0.39 is 23.4 Å². The first kappa shape index (κ1) is 29.2. The number of carboxylic acids is 1. The van der Waals surface area contributed by atoms with Crippen molar-refractivity contribution in [3.05, 3.63) is 52.5 Å². The summed E-state index contributed by atoms with van der Waals surface area (Å²) in [5.74, 6) is -0.768. The van der Waals surface area contributed by atoms with Crippen LogP contribution < -0.4 is 10.1 Å². The summed E-state index contributed by atoms with van der Waals surface area (Å²) in [6, 6.07) is 6.29. The maximum atomic E-state index is 14.9. The number of likely N-dealkylation sites (tertiary alicyclic amines) is 1. The Hall–Kier alpha value is -2.75. The Morgan fingerprint density at radius 1 is 1.31 bits per heavy atom. The van der Waals surface area contributed by atoms with E-state index >= 15 is 0 Å². The first-order valence-electron chi connectivity index (χ1n) is 14.1. The molecule has 39 heavy (non-hydrogen) atoms. The first-order chi connectivity index (χ1) is 18.6. The normalized spacial score (nSPS) is 18.6. The molecule has 0 spiro atoms. The Kier molecular flexibility index (Phi) is 9.46. The third kappa shape index (κ3) is 7.07. The molecular formula is C30H43FN4O4. The quantitative estimate of drug-likeness (QED) is 0.341. The van der Waals surface area contributed by atoms with Crippen LogP contribution in [0, 0.1) is 5.82 Å². The number of unbranched alkanes of at least 4 members (excludes halogenated alkanes) is 2. The molecule has 1 saturated heterocycles. The van der Waals surface area contributed by atoms with Gasteiger partial charge in [-0.3, -0.25) is 9.69 Å². The van der Waals surface area contributed by atoms with Crippen LogP contribution in [0.25, 0.3) is 0 Å². The number of halogens is 1. The number of aromatic nitrogens is 1. The monoisotopic (exact) mass is 542 g/mol. The lowest BCUT2D eigenvalue weighted by molar-refractivity contribution is -0.143. The third-order valence-corrected chi connectivity index (χ3v) is 8.09. The molecule has 2 aromatic rings. The molecule has 0 radical (unpaired) electrons. The number of likely N-dealkylation sites (N-methyl/N-ethyl adjacent to an activating group) is 1. The molecule has 4 rings (SSSR count). The smallest absolute Gasteiger partial charge is 0.325 e. The fourth-order valence-corrected chi connectivity index (χ4v) is 5.77. The Morgan fingerprint density at radius 2 is 2.10 bits per heavy atom. The number of methoxy groups -OCH3 is 1. The van der Waals surface area contributed by atoms with Crippen molar-refractivity contribution in [3.63, 3.8) is 0 Å². The Bertz CT molecular complexity index is 1150. The van der Waals surface area contributed by atoms with E-state index in [-0.39, 0.29) is 17.4 Å². The van der Waals surface area contributed by atoms with Crippen molar-refractivity contribution in [2.45, 2.75) is 76.5 Å². The van der Waals surface area contributed by atoms with Crippen molar-refractivity contribution in [2.75, 3.05) is 45.7 Å². The number of carbonyl (C=O) groups is 1. The number of ether oxygens (including phenoxy) is 1. The number of carboxylic acid groups (broad SMARTS) is 1. The summed E-state index contributed by atoms with van der Waals surface area (Å²) >= 11 is 0. The highest BCUT2D eigenvalue weighted by Gasteiger charge is 2.38. The lowest BCUT2D eigenvalue weighted by Crippen LogP contribution is -2.38. The highest BCUT2D eigenvalue weighted by molar-refractivity contribution is 5.77. The zero-order valence-corrected chi connectivity index (χ0v) is 23.7. The summed E-state index contributed by atoms with van der Waals surface area (Å²) in [7, 11) is 3.43. The van der Waals surface area contributed by atoms with Gasteiger partial charge >= 0.3 is 5.97 Å². The maximum absolute atomic E-state index is 14.9. The number of aliphatic hydroxyl groups is 1. The molecule has 1 unspecified atom stereocenters. The van der Waals surface area contributed by atoms with Gasteiger partial charge in [-0.15, -0.1) is 0 Å². The summed E-state index contributed by atoms with van der Waals surface area (Å²) in [5, 5.41) is 24.0. The van der Waals surface area contributed by atoms with Crippen LogP contribution >= 0.6 is 0 Å². The molecule has 1 aromatic carbocycles. The average Bonchev–Trinajstić information content (AvgIpc) is 3.37. The standard InChI is InChI=1S/C30H43FN4O4/c1-30(2,38)21-17-24(27(39-4)25(31)18-21)26(29(36)37)35-16-13-23(19-35)34(3)15-7-5-6-10-22-12-11-20-9-8-14-32-28(20)33-22/h11-12,17-18,23,26,38H,5-10,13-16,19H2,1-4H3,(H,32,33)(H,36,37)/t23-,26?/m1/s1. The Balaban J connectivity index is 1.31. The second-order valence-corrected chi connectivity index (χ2v) is 11.4. The number of nitrogens with one attached hydrogen (secondary N) is 1. The molecule has 0 amide bonds. The molecule has 2 atom stereocenters. The van der Waals surface area contributed by atoms with Gasteiger partial charge in [-0.2, -0.15) is 0 Å². The zero-order valence-electron chi connectivity index (χ0n) is 23.7. The molecule has 2 aliphatic rings. The van der Waals surface area contributed by atoms with Gasteiger partial charge in [-0.1, -0.05) is 12.5 Å². The fraction of sp³-hybridized carbons (Fsp3) is 0.600. The number of rotatable bonds is 12. The molecule has 3 heterocycles. The van der Waals surface area contributed by atoms with Gasteiger partial charge in [0.1, 0.15) is 11.9 Å². The van der Waals surface area contributed by atoms with Gasteiger partial charge in [0, 0.05) is 36.9 Å². The van der Waals surface area contributed by atoms with E-state index in [1.165, 1.54) is 25.2 Å². The molecule has 0 aliphatic carbocycles. The van der Waals surface area contributed by atoms with E-state index in [2.05, 4.69) is 29.4 Å². The first-order valence-corrected chi connectivity index (χ1v) is 14.1. The number of anilines is 1. The lowest BCUT2D eigenvalue weighted by atomic mass is 9.93. The van der Waals surface area contributed by atoms with Crippen LogP contribution in [0.4, 0.5) is 10.2 Å². The van der Waals surface area contributed by atoms with E-state index in [9.17, 15) is 19.4 Å². The average molecular weight is 543 g/mol. The number of aryl methyl sites for hydroxylation is 2. The van der Waals surface area contributed by atoms with Gasteiger partial charge in [0.15, 0.2) is 11.6 Å². The van der Waals surface area contributed by atoms with Gasteiger partial charge in [0.25, 0.3) is 0 Å². The van der Waals surface area contributed by atoms with Gasteiger partial charge < -0.3 is 25.2 Å². The number of nitrogens with zero attached hydrogens (tertiary/aromatic N) is 3.